The summed E-state index contributed by atoms with van der Waals surface area (Å²) in [6.07, 6.45) is 4.02. The van der Waals surface area contributed by atoms with E-state index in [1.54, 1.807) is 19.3 Å². The second kappa shape index (κ2) is 9.85. The summed E-state index contributed by atoms with van der Waals surface area (Å²) in [5.41, 5.74) is 3.67. The Labute approximate surface area is 171 Å². The molecule has 3 rings (SSSR count). The molecule has 0 saturated heterocycles. The number of aliphatic hydroxyl groups excluding tert-OH is 1. The topological polar surface area (TPSA) is 71.5 Å². The molecule has 0 bridgehead atoms. The van der Waals surface area contributed by atoms with Crippen LogP contribution in [0.25, 0.3) is 11.1 Å². The van der Waals surface area contributed by atoms with Crippen molar-refractivity contribution in [2.24, 2.45) is 0 Å². The summed E-state index contributed by atoms with van der Waals surface area (Å²) in [5, 5.41) is 13.0. The molecule has 2 aromatic carbocycles. The van der Waals surface area contributed by atoms with E-state index in [0.29, 0.717) is 17.7 Å². The minimum absolute atomic E-state index is 0.110. The first kappa shape index (κ1) is 20.6. The molecule has 29 heavy (non-hydrogen) atoms. The van der Waals surface area contributed by atoms with Crippen LogP contribution in [0.1, 0.15) is 29.3 Å². The second-order valence-electron chi connectivity index (χ2n) is 6.97. The highest BCUT2D eigenvalue weighted by Gasteiger charge is 2.16. The first-order chi connectivity index (χ1) is 14.1. The van der Waals surface area contributed by atoms with Gasteiger partial charge in [0.1, 0.15) is 11.9 Å². The third kappa shape index (κ3) is 5.65. The van der Waals surface area contributed by atoms with Crippen molar-refractivity contribution in [3.05, 3.63) is 84.2 Å². The van der Waals surface area contributed by atoms with E-state index < -0.39 is 6.10 Å². The van der Waals surface area contributed by atoms with Gasteiger partial charge in [-0.2, -0.15) is 0 Å². The number of ether oxygens (including phenoxy) is 1. The molecule has 2 atom stereocenters. The number of hydrogen-bond acceptors (Lipinski definition) is 4. The van der Waals surface area contributed by atoms with Gasteiger partial charge in [-0.25, -0.2) is 0 Å². The molecular formula is C24H26N2O3. The van der Waals surface area contributed by atoms with E-state index in [2.05, 4.69) is 10.3 Å². The number of nitrogens with zero attached hydrogens (tertiary/aromatic N) is 1. The van der Waals surface area contributed by atoms with Crippen LogP contribution in [0.4, 0.5) is 0 Å². The number of hydrogen-bond donors (Lipinski definition) is 2. The maximum absolute atomic E-state index is 11.8. The summed E-state index contributed by atoms with van der Waals surface area (Å²) in [7, 11) is 1.62. The highest BCUT2D eigenvalue weighted by Crippen LogP contribution is 2.24. The first-order valence-electron chi connectivity index (χ1n) is 9.73. The largest absolute Gasteiger partial charge is 0.488 e. The fourth-order valence-electron chi connectivity index (χ4n) is 3.10. The molecule has 2 N–H and O–H groups in total. The number of carbonyl (C=O) groups excluding carboxylic acids is 1. The van der Waals surface area contributed by atoms with Crippen molar-refractivity contribution in [3.8, 4) is 16.9 Å². The molecule has 0 unspecified atom stereocenters. The maximum Gasteiger partial charge on any atom is 0.251 e. The van der Waals surface area contributed by atoms with Gasteiger partial charge in [0.15, 0.2) is 0 Å². The summed E-state index contributed by atoms with van der Waals surface area (Å²) in [6.45, 7) is 1.87. The van der Waals surface area contributed by atoms with Gasteiger partial charge in [0.2, 0.25) is 0 Å². The molecule has 0 aliphatic rings. The third-order valence-corrected chi connectivity index (χ3v) is 4.85. The number of aliphatic hydroxyl groups is 1. The lowest BCUT2D eigenvalue weighted by molar-refractivity contribution is 0.0420. The van der Waals surface area contributed by atoms with E-state index in [0.717, 1.165) is 23.1 Å². The van der Waals surface area contributed by atoms with Crippen LogP contribution >= 0.6 is 0 Å². The summed E-state index contributed by atoms with van der Waals surface area (Å²) in [4.78, 5) is 15.9. The van der Waals surface area contributed by atoms with Crippen LogP contribution in [0.2, 0.25) is 0 Å². The van der Waals surface area contributed by atoms with Gasteiger partial charge >= 0.3 is 0 Å². The quantitative estimate of drug-likeness (QED) is 0.613. The van der Waals surface area contributed by atoms with E-state index in [1.165, 1.54) is 0 Å². The molecular weight excluding hydrogens is 364 g/mol. The van der Waals surface area contributed by atoms with Gasteiger partial charge in [0.05, 0.1) is 6.10 Å². The van der Waals surface area contributed by atoms with Crippen molar-refractivity contribution in [2.45, 2.75) is 32.0 Å². The predicted molar refractivity (Wildman–Crippen MR) is 114 cm³/mol. The van der Waals surface area contributed by atoms with Crippen molar-refractivity contribution < 1.29 is 14.6 Å². The van der Waals surface area contributed by atoms with Crippen molar-refractivity contribution in [1.29, 1.82) is 0 Å². The van der Waals surface area contributed by atoms with Crippen molar-refractivity contribution in [2.75, 3.05) is 7.05 Å². The van der Waals surface area contributed by atoms with Crippen molar-refractivity contribution in [1.82, 2.24) is 10.3 Å². The summed E-state index contributed by atoms with van der Waals surface area (Å²) in [6, 6.07) is 19.0. The number of carbonyl (C=O) groups is 1. The molecule has 5 nitrogen and oxygen atoms in total. The minimum atomic E-state index is -0.570. The lowest BCUT2D eigenvalue weighted by atomic mass is 10.0. The number of aryl methyl sites for hydroxylation is 1. The number of benzene rings is 2. The highest BCUT2D eigenvalue weighted by atomic mass is 16.5. The van der Waals surface area contributed by atoms with E-state index in [1.807, 2.05) is 67.7 Å². The van der Waals surface area contributed by atoms with Gasteiger partial charge in [-0.3, -0.25) is 9.78 Å². The Bertz CT molecular complexity index is 926. The minimum Gasteiger partial charge on any atom is -0.488 e. The van der Waals surface area contributed by atoms with Crippen LogP contribution in [0.5, 0.6) is 5.75 Å². The fraction of sp³-hybridized carbons (Fsp3) is 0.250. The van der Waals surface area contributed by atoms with Crippen LogP contribution in [0.3, 0.4) is 0 Å². The number of pyridine rings is 1. The Hall–Kier alpha value is -3.18. The molecule has 5 heteroatoms. The third-order valence-electron chi connectivity index (χ3n) is 4.85. The zero-order valence-electron chi connectivity index (χ0n) is 16.7. The standard InChI is InChI=1S/C24H26N2O3/c1-17(23(27)13-8-18-5-4-14-26-16-18)29-22-11-9-19(10-12-22)20-6-3-7-21(15-20)24(28)25-2/h3-7,9-12,14-17,23,27H,8,13H2,1-2H3,(H,25,28)/t17-,23+/m0/s1. The zero-order valence-corrected chi connectivity index (χ0v) is 16.7. The molecule has 0 spiro atoms. The zero-order chi connectivity index (χ0) is 20.6. The van der Waals surface area contributed by atoms with Crippen molar-refractivity contribution >= 4 is 5.91 Å². The normalized spacial score (nSPS) is 12.8. The Balaban J connectivity index is 1.59. The van der Waals surface area contributed by atoms with Crippen LogP contribution < -0.4 is 10.1 Å². The van der Waals surface area contributed by atoms with Gasteiger partial charge in [-0.05, 0) is 66.8 Å². The Morgan fingerprint density at radius 1 is 1.10 bits per heavy atom. The summed E-state index contributed by atoms with van der Waals surface area (Å²) in [5.74, 6) is 0.588. The van der Waals surface area contributed by atoms with E-state index >= 15 is 0 Å². The molecule has 0 aliphatic heterocycles. The number of rotatable bonds is 8. The van der Waals surface area contributed by atoms with Gasteiger partial charge in [0.25, 0.3) is 5.91 Å². The molecule has 1 aromatic heterocycles. The van der Waals surface area contributed by atoms with Crippen LogP contribution in [0, 0.1) is 0 Å². The van der Waals surface area contributed by atoms with Crippen LogP contribution in [-0.4, -0.2) is 35.3 Å². The average molecular weight is 390 g/mol. The van der Waals surface area contributed by atoms with Crippen LogP contribution in [-0.2, 0) is 6.42 Å². The fourth-order valence-corrected chi connectivity index (χ4v) is 3.10. The smallest absolute Gasteiger partial charge is 0.251 e. The van der Waals surface area contributed by atoms with Crippen molar-refractivity contribution in [3.63, 3.8) is 0 Å². The second-order valence-corrected chi connectivity index (χ2v) is 6.97. The number of aromatic nitrogens is 1. The summed E-state index contributed by atoms with van der Waals surface area (Å²) >= 11 is 0. The monoisotopic (exact) mass is 390 g/mol. The molecule has 1 heterocycles. The van der Waals surface area contributed by atoms with E-state index in [9.17, 15) is 9.90 Å². The number of nitrogens with one attached hydrogen (secondary N) is 1. The van der Waals surface area contributed by atoms with Gasteiger partial charge < -0.3 is 15.2 Å². The predicted octanol–water partition coefficient (Wildman–Crippen LogP) is 3.87. The lowest BCUT2D eigenvalue weighted by Crippen LogP contribution is -2.29. The Kier molecular flexibility index (Phi) is 6.98. The highest BCUT2D eigenvalue weighted by molar-refractivity contribution is 5.95. The molecule has 150 valence electrons. The van der Waals surface area contributed by atoms with Gasteiger partial charge in [-0.1, -0.05) is 30.3 Å². The molecule has 0 saturated carbocycles. The van der Waals surface area contributed by atoms with Crippen LogP contribution in [0.15, 0.2) is 73.1 Å². The van der Waals surface area contributed by atoms with E-state index in [4.69, 9.17) is 4.74 Å². The molecule has 0 radical (unpaired) electrons. The Morgan fingerprint density at radius 2 is 1.90 bits per heavy atom. The SMILES string of the molecule is CNC(=O)c1cccc(-c2ccc(O[C@@H](C)[C@H](O)CCc3cccnc3)cc2)c1. The van der Waals surface area contributed by atoms with Gasteiger partial charge in [0, 0.05) is 25.0 Å². The molecule has 3 aromatic rings. The molecule has 0 fully saturated rings. The average Bonchev–Trinajstić information content (AvgIpc) is 2.78. The lowest BCUT2D eigenvalue weighted by Gasteiger charge is -2.20. The summed E-state index contributed by atoms with van der Waals surface area (Å²) < 4.78 is 5.91. The Morgan fingerprint density at radius 3 is 2.59 bits per heavy atom. The first-order valence-corrected chi connectivity index (χ1v) is 9.73. The molecule has 0 aliphatic carbocycles. The molecule has 1 amide bonds. The van der Waals surface area contributed by atoms with Gasteiger partial charge in [-0.15, -0.1) is 0 Å². The maximum atomic E-state index is 11.8. The van der Waals surface area contributed by atoms with E-state index in [-0.39, 0.29) is 12.0 Å². The number of amides is 1.